The Hall–Kier alpha value is -2.32. The molecule has 2 fully saturated rings. The second kappa shape index (κ2) is 7.60. The van der Waals surface area contributed by atoms with Crippen LogP contribution in [-0.4, -0.2) is 57.1 Å². The number of nitrogens with zero attached hydrogens (tertiary/aromatic N) is 6. The second-order valence-electron chi connectivity index (χ2n) is 7.68. The van der Waals surface area contributed by atoms with Crippen molar-refractivity contribution in [2.45, 2.75) is 38.1 Å². The van der Waals surface area contributed by atoms with Gasteiger partial charge in [0, 0.05) is 37.1 Å². The zero-order valence-corrected chi connectivity index (χ0v) is 16.7. The molecule has 28 heavy (non-hydrogen) atoms. The lowest BCUT2D eigenvalue weighted by Crippen LogP contribution is -2.46. The van der Waals surface area contributed by atoms with Crippen LogP contribution in [0.3, 0.4) is 0 Å². The average Bonchev–Trinajstić information content (AvgIpc) is 3.18. The van der Waals surface area contributed by atoms with Crippen LogP contribution in [0.4, 0.5) is 11.1 Å². The van der Waals surface area contributed by atoms with Crippen molar-refractivity contribution in [2.24, 2.45) is 0 Å². The summed E-state index contributed by atoms with van der Waals surface area (Å²) in [6, 6.07) is 2.83. The number of piperidine rings is 2. The third kappa shape index (κ3) is 3.54. The van der Waals surface area contributed by atoms with Gasteiger partial charge in [0.15, 0.2) is 5.13 Å². The van der Waals surface area contributed by atoms with E-state index in [0.717, 1.165) is 45.7 Å². The fourth-order valence-corrected chi connectivity index (χ4v) is 5.31. The van der Waals surface area contributed by atoms with Crippen LogP contribution in [0.15, 0.2) is 24.7 Å². The fraction of sp³-hybridized carbons (Fsp3) is 0.500. The van der Waals surface area contributed by atoms with Gasteiger partial charge in [-0.25, -0.2) is 15.0 Å². The number of hydrogen-bond donors (Lipinski definition) is 1. The van der Waals surface area contributed by atoms with Crippen LogP contribution in [0.1, 0.15) is 32.1 Å². The fourth-order valence-electron chi connectivity index (χ4n) is 4.29. The van der Waals surface area contributed by atoms with Gasteiger partial charge in [-0.3, -0.25) is 4.98 Å². The maximum atomic E-state index is 5.58. The molecular weight excluding hydrogens is 370 g/mol. The number of thiazole rings is 1. The summed E-state index contributed by atoms with van der Waals surface area (Å²) < 4.78 is 1.15. The number of pyridine rings is 1. The van der Waals surface area contributed by atoms with Crippen LogP contribution in [0, 0.1) is 0 Å². The van der Waals surface area contributed by atoms with Gasteiger partial charge in [-0.05, 0) is 44.8 Å². The Morgan fingerprint density at radius 1 is 0.929 bits per heavy atom. The van der Waals surface area contributed by atoms with Gasteiger partial charge in [-0.2, -0.15) is 0 Å². The van der Waals surface area contributed by atoms with Gasteiger partial charge < -0.3 is 15.5 Å². The minimum atomic E-state index is 0.276. The van der Waals surface area contributed by atoms with E-state index in [4.69, 9.17) is 10.7 Å². The van der Waals surface area contributed by atoms with Crippen molar-refractivity contribution in [1.82, 2.24) is 24.8 Å². The molecule has 3 aromatic heterocycles. The maximum absolute atomic E-state index is 5.58. The third-order valence-electron chi connectivity index (χ3n) is 5.87. The summed E-state index contributed by atoms with van der Waals surface area (Å²) in [7, 11) is 0. The smallest absolute Gasteiger partial charge is 0.219 e. The molecule has 3 aromatic rings. The molecule has 2 N–H and O–H groups in total. The molecule has 0 unspecified atom stereocenters. The molecule has 5 heterocycles. The SMILES string of the molecule is Nc1ncc(-c2cc3sc(N4CCC(N5CCCCC5)CC4)nc3cn2)cn1. The molecule has 146 valence electrons. The Morgan fingerprint density at radius 3 is 2.43 bits per heavy atom. The van der Waals surface area contributed by atoms with Gasteiger partial charge in [-0.1, -0.05) is 17.8 Å². The van der Waals surface area contributed by atoms with E-state index in [0.29, 0.717) is 0 Å². The number of nitrogens with two attached hydrogens (primary N) is 1. The van der Waals surface area contributed by atoms with Gasteiger partial charge in [0.25, 0.3) is 0 Å². The Kier molecular flexibility index (Phi) is 4.82. The molecule has 2 aliphatic heterocycles. The van der Waals surface area contributed by atoms with E-state index in [1.165, 1.54) is 45.2 Å². The Balaban J connectivity index is 1.31. The van der Waals surface area contributed by atoms with Gasteiger partial charge in [-0.15, -0.1) is 0 Å². The molecular formula is C20H25N7S. The van der Waals surface area contributed by atoms with Gasteiger partial charge in [0.05, 0.1) is 16.6 Å². The molecule has 2 saturated heterocycles. The Labute approximate surface area is 168 Å². The highest BCUT2D eigenvalue weighted by atomic mass is 32.1. The first-order valence-electron chi connectivity index (χ1n) is 10.1. The minimum Gasteiger partial charge on any atom is -0.368 e. The summed E-state index contributed by atoms with van der Waals surface area (Å²) in [6.45, 7) is 4.75. The highest BCUT2D eigenvalue weighted by Gasteiger charge is 2.26. The molecule has 0 amide bonds. The van der Waals surface area contributed by atoms with Gasteiger partial charge >= 0.3 is 0 Å². The zero-order valence-electron chi connectivity index (χ0n) is 15.9. The highest BCUT2D eigenvalue weighted by molar-refractivity contribution is 7.22. The molecule has 0 saturated carbocycles. The molecule has 0 bridgehead atoms. The van der Waals surface area contributed by atoms with Crippen molar-refractivity contribution < 1.29 is 0 Å². The normalized spacial score (nSPS) is 19.4. The highest BCUT2D eigenvalue weighted by Crippen LogP contribution is 2.33. The molecule has 0 spiro atoms. The van der Waals surface area contributed by atoms with E-state index < -0.39 is 0 Å². The molecule has 0 radical (unpaired) electrons. The second-order valence-corrected chi connectivity index (χ2v) is 8.69. The number of nitrogen functional groups attached to an aromatic ring is 1. The number of fused-ring (bicyclic) bond motifs is 1. The number of aromatic nitrogens is 4. The van der Waals surface area contributed by atoms with Gasteiger partial charge in [0.2, 0.25) is 5.95 Å². The summed E-state index contributed by atoms with van der Waals surface area (Å²) in [5.74, 6) is 0.276. The van der Waals surface area contributed by atoms with Gasteiger partial charge in [0.1, 0.15) is 5.52 Å². The van der Waals surface area contributed by atoms with E-state index in [-0.39, 0.29) is 5.95 Å². The lowest BCUT2D eigenvalue weighted by molar-refractivity contribution is 0.141. The molecule has 0 atom stereocenters. The minimum absolute atomic E-state index is 0.276. The zero-order chi connectivity index (χ0) is 18.9. The first-order chi connectivity index (χ1) is 13.8. The number of likely N-dealkylation sites (tertiary alicyclic amines) is 1. The van der Waals surface area contributed by atoms with E-state index in [9.17, 15) is 0 Å². The predicted molar refractivity (Wildman–Crippen MR) is 114 cm³/mol. The molecule has 7 nitrogen and oxygen atoms in total. The summed E-state index contributed by atoms with van der Waals surface area (Å²) >= 11 is 1.75. The Morgan fingerprint density at radius 2 is 1.68 bits per heavy atom. The van der Waals surface area contributed by atoms with E-state index in [1.807, 2.05) is 6.20 Å². The van der Waals surface area contributed by atoms with E-state index in [2.05, 4.69) is 30.8 Å². The third-order valence-corrected chi connectivity index (χ3v) is 6.95. The molecule has 5 rings (SSSR count). The van der Waals surface area contributed by atoms with Crippen molar-refractivity contribution in [1.29, 1.82) is 0 Å². The van der Waals surface area contributed by atoms with E-state index in [1.54, 1.807) is 23.7 Å². The lowest BCUT2D eigenvalue weighted by Gasteiger charge is -2.40. The Bertz CT molecular complexity index is 941. The first-order valence-corrected chi connectivity index (χ1v) is 10.9. The lowest BCUT2D eigenvalue weighted by atomic mass is 10.0. The van der Waals surface area contributed by atoms with Crippen LogP contribution in [0.25, 0.3) is 21.5 Å². The predicted octanol–water partition coefficient (Wildman–Crippen LogP) is 3.19. The van der Waals surface area contributed by atoms with Crippen molar-refractivity contribution in [3.8, 4) is 11.3 Å². The molecule has 0 aromatic carbocycles. The number of hydrogen-bond acceptors (Lipinski definition) is 8. The molecule has 2 aliphatic rings. The van der Waals surface area contributed by atoms with Crippen molar-refractivity contribution in [2.75, 3.05) is 36.8 Å². The van der Waals surface area contributed by atoms with Crippen LogP contribution in [0.2, 0.25) is 0 Å². The van der Waals surface area contributed by atoms with E-state index >= 15 is 0 Å². The maximum Gasteiger partial charge on any atom is 0.219 e. The summed E-state index contributed by atoms with van der Waals surface area (Å²) in [4.78, 5) is 22.7. The molecule has 0 aliphatic carbocycles. The largest absolute Gasteiger partial charge is 0.368 e. The first kappa shape index (κ1) is 17.8. The topological polar surface area (TPSA) is 84.1 Å². The van der Waals surface area contributed by atoms with Crippen molar-refractivity contribution in [3.63, 3.8) is 0 Å². The number of anilines is 2. The quantitative estimate of drug-likeness (QED) is 0.729. The monoisotopic (exact) mass is 395 g/mol. The standard InChI is InChI=1S/C20H25N7S/c21-19-23-11-14(12-24-19)16-10-18-17(13-22-16)25-20(28-18)27-8-4-15(5-9-27)26-6-2-1-3-7-26/h10-13,15H,1-9H2,(H2,21,23,24). The van der Waals surface area contributed by atoms with Crippen LogP contribution < -0.4 is 10.6 Å². The van der Waals surface area contributed by atoms with Crippen molar-refractivity contribution in [3.05, 3.63) is 24.7 Å². The van der Waals surface area contributed by atoms with Crippen molar-refractivity contribution >= 4 is 32.6 Å². The molecule has 8 heteroatoms. The summed E-state index contributed by atoms with van der Waals surface area (Å²) in [5.41, 5.74) is 8.26. The number of rotatable bonds is 3. The van der Waals surface area contributed by atoms with Crippen LogP contribution in [-0.2, 0) is 0 Å². The van der Waals surface area contributed by atoms with Crippen LogP contribution >= 0.6 is 11.3 Å². The van der Waals surface area contributed by atoms with Crippen LogP contribution in [0.5, 0.6) is 0 Å². The summed E-state index contributed by atoms with van der Waals surface area (Å²) in [5, 5.41) is 1.11. The average molecular weight is 396 g/mol. The summed E-state index contributed by atoms with van der Waals surface area (Å²) in [6.07, 6.45) is 11.9.